The van der Waals surface area contributed by atoms with Crippen molar-refractivity contribution in [3.63, 3.8) is 0 Å². The van der Waals surface area contributed by atoms with Crippen molar-refractivity contribution in [2.45, 2.75) is 25.5 Å². The molecule has 152 valence electrons. The first kappa shape index (κ1) is 20.2. The van der Waals surface area contributed by atoms with Crippen LogP contribution in [0.4, 0.5) is 0 Å². The second-order valence-electron chi connectivity index (χ2n) is 6.80. The van der Waals surface area contributed by atoms with E-state index in [0.29, 0.717) is 17.9 Å². The van der Waals surface area contributed by atoms with Gasteiger partial charge in [-0.1, -0.05) is 54.2 Å². The van der Waals surface area contributed by atoms with Gasteiger partial charge < -0.3 is 9.30 Å². The summed E-state index contributed by atoms with van der Waals surface area (Å²) in [7, 11) is 0. The number of aromatic nitrogens is 2. The second-order valence-corrected chi connectivity index (χ2v) is 7.74. The van der Waals surface area contributed by atoms with Crippen molar-refractivity contribution in [3.8, 4) is 0 Å². The van der Waals surface area contributed by atoms with E-state index in [9.17, 15) is 9.59 Å². The van der Waals surface area contributed by atoms with Crippen molar-refractivity contribution >= 4 is 45.3 Å². The van der Waals surface area contributed by atoms with E-state index in [1.54, 1.807) is 19.1 Å². The summed E-state index contributed by atoms with van der Waals surface area (Å²) in [5.74, 6) is 0.00622. The lowest BCUT2D eigenvalue weighted by Crippen LogP contribution is -2.05. The van der Waals surface area contributed by atoms with Gasteiger partial charge in [0.1, 0.15) is 0 Å². The number of nitrogens with zero attached hydrogens (tertiary/aromatic N) is 2. The fourth-order valence-corrected chi connectivity index (χ4v) is 4.50. The first-order valence-electron chi connectivity index (χ1n) is 9.93. The molecule has 4 aromatic rings. The maximum Gasteiger partial charge on any atom is 0.338 e. The quantitative estimate of drug-likeness (QED) is 0.230. The molecule has 0 spiro atoms. The highest BCUT2D eigenvalue weighted by Gasteiger charge is 2.16. The number of ketones is 1. The number of hydrogen-bond acceptors (Lipinski definition) is 5. The SMILES string of the molecule is CCOC(=O)c1ccc2c(c1)nc(SCC(=O)c1cccc3ccccc13)n2CC. The lowest BCUT2D eigenvalue weighted by molar-refractivity contribution is 0.0526. The molecule has 5 nitrogen and oxygen atoms in total. The highest BCUT2D eigenvalue weighted by molar-refractivity contribution is 7.99. The monoisotopic (exact) mass is 418 g/mol. The van der Waals surface area contributed by atoms with Crippen LogP contribution in [0.3, 0.4) is 0 Å². The van der Waals surface area contributed by atoms with E-state index in [4.69, 9.17) is 4.74 Å². The highest BCUT2D eigenvalue weighted by atomic mass is 32.2. The molecular formula is C24H22N2O3S. The largest absolute Gasteiger partial charge is 0.462 e. The number of esters is 1. The van der Waals surface area contributed by atoms with E-state index >= 15 is 0 Å². The van der Waals surface area contributed by atoms with Gasteiger partial charge >= 0.3 is 5.97 Å². The van der Waals surface area contributed by atoms with Gasteiger partial charge in [-0.3, -0.25) is 4.79 Å². The Morgan fingerprint density at radius 3 is 2.63 bits per heavy atom. The van der Waals surface area contributed by atoms with Crippen molar-refractivity contribution in [1.29, 1.82) is 0 Å². The van der Waals surface area contributed by atoms with Gasteiger partial charge in [0.05, 0.1) is 29.0 Å². The van der Waals surface area contributed by atoms with Gasteiger partial charge in [0.25, 0.3) is 0 Å². The van der Waals surface area contributed by atoms with Crippen LogP contribution in [0.15, 0.2) is 65.8 Å². The van der Waals surface area contributed by atoms with E-state index in [1.165, 1.54) is 11.8 Å². The second kappa shape index (κ2) is 8.71. The van der Waals surface area contributed by atoms with Crippen LogP contribution in [0.2, 0.25) is 0 Å². The summed E-state index contributed by atoms with van der Waals surface area (Å²) in [5.41, 5.74) is 2.87. The van der Waals surface area contributed by atoms with Crippen LogP contribution in [0.5, 0.6) is 0 Å². The van der Waals surface area contributed by atoms with Crippen LogP contribution in [0.1, 0.15) is 34.6 Å². The molecule has 0 saturated heterocycles. The average molecular weight is 419 g/mol. The Labute approximate surface area is 179 Å². The number of thioether (sulfide) groups is 1. The molecule has 0 unspecified atom stereocenters. The Balaban J connectivity index is 1.60. The predicted molar refractivity (Wildman–Crippen MR) is 120 cm³/mol. The predicted octanol–water partition coefficient (Wildman–Crippen LogP) is 5.36. The molecular weight excluding hydrogens is 396 g/mol. The minimum absolute atomic E-state index is 0.0683. The molecule has 6 heteroatoms. The molecule has 3 aromatic carbocycles. The van der Waals surface area contributed by atoms with E-state index in [0.717, 1.165) is 39.1 Å². The zero-order chi connectivity index (χ0) is 21.1. The van der Waals surface area contributed by atoms with E-state index in [-0.39, 0.29) is 11.8 Å². The Bertz CT molecular complexity index is 1240. The summed E-state index contributed by atoms with van der Waals surface area (Å²) in [5, 5.41) is 2.79. The molecule has 0 N–H and O–H groups in total. The molecule has 0 bridgehead atoms. The first-order chi connectivity index (χ1) is 14.6. The molecule has 0 aliphatic rings. The number of rotatable bonds is 7. The number of carbonyl (C=O) groups excluding carboxylic acids is 2. The average Bonchev–Trinajstić information content (AvgIpc) is 3.13. The van der Waals surface area contributed by atoms with E-state index in [1.807, 2.05) is 55.5 Å². The van der Waals surface area contributed by atoms with E-state index in [2.05, 4.69) is 9.55 Å². The van der Waals surface area contributed by atoms with Crippen molar-refractivity contribution in [2.24, 2.45) is 0 Å². The van der Waals surface area contributed by atoms with Crippen LogP contribution in [-0.4, -0.2) is 33.7 Å². The number of hydrogen-bond donors (Lipinski definition) is 0. The normalized spacial score (nSPS) is 11.1. The standard InChI is InChI=1S/C24H22N2O3S/c1-3-26-21-13-12-17(23(28)29-4-2)14-20(21)25-24(26)30-15-22(27)19-11-7-9-16-8-5-6-10-18(16)19/h5-14H,3-4,15H2,1-2H3. The van der Waals surface area contributed by atoms with Gasteiger partial charge in [0.2, 0.25) is 0 Å². The third-order valence-electron chi connectivity index (χ3n) is 4.96. The summed E-state index contributed by atoms with van der Waals surface area (Å²) in [6, 6.07) is 19.1. The topological polar surface area (TPSA) is 61.2 Å². The van der Waals surface area contributed by atoms with Crippen molar-refractivity contribution in [3.05, 3.63) is 71.8 Å². The lowest BCUT2D eigenvalue weighted by Gasteiger charge is -2.07. The number of imidazole rings is 1. The van der Waals surface area contributed by atoms with Gasteiger partial charge in [-0.05, 0) is 42.8 Å². The smallest absolute Gasteiger partial charge is 0.338 e. The number of aryl methyl sites for hydroxylation is 1. The van der Waals surface area contributed by atoms with Gasteiger partial charge in [0, 0.05) is 12.1 Å². The number of fused-ring (bicyclic) bond motifs is 2. The number of Topliss-reactive ketones (excluding diaryl/α,β-unsaturated/α-hetero) is 1. The van der Waals surface area contributed by atoms with Gasteiger partial charge in [0.15, 0.2) is 10.9 Å². The third-order valence-corrected chi connectivity index (χ3v) is 5.94. The summed E-state index contributed by atoms with van der Waals surface area (Å²) < 4.78 is 7.14. The number of ether oxygens (including phenoxy) is 1. The number of carbonyl (C=O) groups is 2. The van der Waals surface area contributed by atoms with Gasteiger partial charge in [-0.2, -0.15) is 0 Å². The Morgan fingerprint density at radius 1 is 1.03 bits per heavy atom. The maximum atomic E-state index is 12.9. The van der Waals surface area contributed by atoms with Gasteiger partial charge in [-0.15, -0.1) is 0 Å². The van der Waals surface area contributed by atoms with Crippen LogP contribution in [0.25, 0.3) is 21.8 Å². The van der Waals surface area contributed by atoms with E-state index < -0.39 is 0 Å². The molecule has 0 radical (unpaired) electrons. The molecule has 30 heavy (non-hydrogen) atoms. The van der Waals surface area contributed by atoms with Crippen molar-refractivity contribution in [1.82, 2.24) is 9.55 Å². The fraction of sp³-hybridized carbons (Fsp3) is 0.208. The molecule has 0 amide bonds. The van der Waals surface area contributed by atoms with Crippen molar-refractivity contribution in [2.75, 3.05) is 12.4 Å². The summed E-state index contributed by atoms with van der Waals surface area (Å²) in [4.78, 5) is 29.6. The Morgan fingerprint density at radius 2 is 1.83 bits per heavy atom. The molecule has 0 aliphatic heterocycles. The minimum atomic E-state index is -0.356. The van der Waals surface area contributed by atoms with Crippen molar-refractivity contribution < 1.29 is 14.3 Å². The molecule has 0 atom stereocenters. The summed E-state index contributed by atoms with van der Waals surface area (Å²) in [6.45, 7) is 4.87. The van der Waals surface area contributed by atoms with Crippen LogP contribution in [-0.2, 0) is 11.3 Å². The van der Waals surface area contributed by atoms with Crippen LogP contribution >= 0.6 is 11.8 Å². The molecule has 0 fully saturated rings. The zero-order valence-electron chi connectivity index (χ0n) is 16.9. The summed E-state index contributed by atoms with van der Waals surface area (Å²) >= 11 is 1.42. The van der Waals surface area contributed by atoms with Crippen LogP contribution in [0, 0.1) is 0 Å². The number of benzene rings is 3. The minimum Gasteiger partial charge on any atom is -0.462 e. The molecule has 0 saturated carbocycles. The maximum absolute atomic E-state index is 12.9. The fourth-order valence-electron chi connectivity index (χ4n) is 3.54. The Kier molecular flexibility index (Phi) is 5.86. The summed E-state index contributed by atoms with van der Waals surface area (Å²) in [6.07, 6.45) is 0. The molecule has 4 rings (SSSR count). The van der Waals surface area contributed by atoms with Crippen LogP contribution < -0.4 is 0 Å². The molecule has 0 aliphatic carbocycles. The molecule has 1 heterocycles. The Hall–Kier alpha value is -3.12. The first-order valence-corrected chi connectivity index (χ1v) is 10.9. The molecule has 1 aromatic heterocycles. The lowest BCUT2D eigenvalue weighted by atomic mass is 10.0. The zero-order valence-corrected chi connectivity index (χ0v) is 17.7. The van der Waals surface area contributed by atoms with Gasteiger partial charge in [-0.25, -0.2) is 9.78 Å². The highest BCUT2D eigenvalue weighted by Crippen LogP contribution is 2.27. The third kappa shape index (κ3) is 3.83.